The Morgan fingerprint density at radius 3 is 2.14 bits per heavy atom. The van der Waals surface area contributed by atoms with E-state index in [2.05, 4.69) is 5.32 Å². The first-order valence-electron chi connectivity index (χ1n) is 7.45. The minimum Gasteiger partial charge on any atom is -0.481 e. The molecule has 0 aliphatic heterocycles. The average Bonchev–Trinajstić information content (AvgIpc) is 2.85. The zero-order valence-electron chi connectivity index (χ0n) is 13.0. The van der Waals surface area contributed by atoms with Gasteiger partial charge >= 0.3 is 5.97 Å². The Morgan fingerprint density at radius 1 is 1.14 bits per heavy atom. The molecule has 1 aliphatic rings. The van der Waals surface area contributed by atoms with Gasteiger partial charge in [0, 0.05) is 12.1 Å². The third-order valence-corrected chi connectivity index (χ3v) is 4.51. The monoisotopic (exact) mass is 289 g/mol. The molecule has 0 heterocycles. The predicted molar refractivity (Wildman–Crippen MR) is 81.5 cm³/mol. The van der Waals surface area contributed by atoms with Gasteiger partial charge in [0.15, 0.2) is 0 Å². The molecule has 1 aromatic rings. The van der Waals surface area contributed by atoms with E-state index in [4.69, 9.17) is 0 Å². The zero-order chi connectivity index (χ0) is 15.6. The molecule has 0 aromatic heterocycles. The summed E-state index contributed by atoms with van der Waals surface area (Å²) in [6, 6.07) is 3.95. The van der Waals surface area contributed by atoms with Crippen LogP contribution >= 0.6 is 0 Å². The van der Waals surface area contributed by atoms with Gasteiger partial charge in [-0.05, 0) is 44.7 Å². The van der Waals surface area contributed by atoms with Crippen LogP contribution in [-0.2, 0) is 4.79 Å². The Labute approximate surface area is 125 Å². The van der Waals surface area contributed by atoms with Gasteiger partial charge in [-0.15, -0.1) is 0 Å². The molecule has 2 N–H and O–H groups in total. The third kappa shape index (κ3) is 3.09. The molecule has 4 nitrogen and oxygen atoms in total. The van der Waals surface area contributed by atoms with Crippen LogP contribution in [0.15, 0.2) is 12.1 Å². The first-order chi connectivity index (χ1) is 9.85. The number of nitrogens with one attached hydrogen (secondary N) is 1. The van der Waals surface area contributed by atoms with Crippen LogP contribution in [0.1, 0.15) is 52.7 Å². The van der Waals surface area contributed by atoms with Gasteiger partial charge in [0.2, 0.25) is 0 Å². The molecule has 1 aliphatic carbocycles. The van der Waals surface area contributed by atoms with Crippen LogP contribution in [-0.4, -0.2) is 23.5 Å². The largest absolute Gasteiger partial charge is 0.481 e. The van der Waals surface area contributed by atoms with Crippen LogP contribution < -0.4 is 5.32 Å². The fourth-order valence-corrected chi connectivity index (χ4v) is 3.39. The van der Waals surface area contributed by atoms with Crippen LogP contribution in [0.25, 0.3) is 0 Å². The van der Waals surface area contributed by atoms with Gasteiger partial charge in [0.05, 0.1) is 5.41 Å². The van der Waals surface area contributed by atoms with Gasteiger partial charge in [-0.2, -0.15) is 0 Å². The molecule has 0 radical (unpaired) electrons. The lowest BCUT2D eigenvalue weighted by Crippen LogP contribution is -2.41. The molecule has 0 atom stereocenters. The standard InChI is InChI=1S/C17H23NO3/c1-11-8-12(2)14(13(3)9-11)15(19)18-10-17(16(20)21)6-4-5-7-17/h8-9H,4-7,10H2,1-3H3,(H,18,19)(H,20,21). The molecule has 4 heteroatoms. The normalized spacial score (nSPS) is 16.7. The highest BCUT2D eigenvalue weighted by Gasteiger charge is 2.41. The van der Waals surface area contributed by atoms with Gasteiger partial charge in [0.1, 0.15) is 0 Å². The number of carbonyl (C=O) groups is 2. The quantitative estimate of drug-likeness (QED) is 0.895. The maximum atomic E-state index is 12.4. The molecule has 1 saturated carbocycles. The van der Waals surface area contributed by atoms with Crippen molar-refractivity contribution in [2.75, 3.05) is 6.54 Å². The average molecular weight is 289 g/mol. The van der Waals surface area contributed by atoms with Crippen LogP contribution in [0, 0.1) is 26.2 Å². The predicted octanol–water partition coefficient (Wildman–Crippen LogP) is 2.99. The van der Waals surface area contributed by atoms with Crippen LogP contribution in [0.3, 0.4) is 0 Å². The summed E-state index contributed by atoms with van der Waals surface area (Å²) in [6.07, 6.45) is 3.14. The lowest BCUT2D eigenvalue weighted by Gasteiger charge is -2.24. The number of amides is 1. The van der Waals surface area contributed by atoms with Crippen molar-refractivity contribution in [1.82, 2.24) is 5.32 Å². The fraction of sp³-hybridized carbons (Fsp3) is 0.529. The van der Waals surface area contributed by atoms with Crippen molar-refractivity contribution < 1.29 is 14.7 Å². The molecular formula is C17H23NO3. The SMILES string of the molecule is Cc1cc(C)c(C(=O)NCC2(C(=O)O)CCCC2)c(C)c1. The summed E-state index contributed by atoms with van der Waals surface area (Å²) in [5.41, 5.74) is 2.88. The number of aryl methyl sites for hydroxylation is 3. The van der Waals surface area contributed by atoms with Crippen LogP contribution in [0.5, 0.6) is 0 Å². The van der Waals surface area contributed by atoms with Crippen molar-refractivity contribution in [2.45, 2.75) is 46.5 Å². The highest BCUT2D eigenvalue weighted by molar-refractivity contribution is 5.97. The van der Waals surface area contributed by atoms with Crippen LogP contribution in [0.2, 0.25) is 0 Å². The second kappa shape index (κ2) is 5.88. The number of carboxylic acids is 1. The molecule has 2 rings (SSSR count). The lowest BCUT2D eigenvalue weighted by molar-refractivity contribution is -0.148. The zero-order valence-corrected chi connectivity index (χ0v) is 13.0. The van der Waals surface area contributed by atoms with Crippen LogP contribution in [0.4, 0.5) is 0 Å². The molecule has 0 saturated heterocycles. The number of benzene rings is 1. The molecular weight excluding hydrogens is 266 g/mol. The first kappa shape index (κ1) is 15.5. The number of carboxylic acid groups (broad SMARTS) is 1. The summed E-state index contributed by atoms with van der Waals surface area (Å²) in [6.45, 7) is 6.04. The van der Waals surface area contributed by atoms with Gasteiger partial charge in [-0.1, -0.05) is 30.5 Å². The number of aliphatic carboxylic acids is 1. The van der Waals surface area contributed by atoms with E-state index in [1.165, 1.54) is 0 Å². The summed E-state index contributed by atoms with van der Waals surface area (Å²) in [4.78, 5) is 23.9. The van der Waals surface area contributed by atoms with E-state index in [1.807, 2.05) is 32.9 Å². The topological polar surface area (TPSA) is 66.4 Å². The Morgan fingerprint density at radius 2 is 1.67 bits per heavy atom. The summed E-state index contributed by atoms with van der Waals surface area (Å²) in [5.74, 6) is -0.963. The highest BCUT2D eigenvalue weighted by Crippen LogP contribution is 2.37. The van der Waals surface area contributed by atoms with E-state index in [0.29, 0.717) is 18.4 Å². The molecule has 1 amide bonds. The highest BCUT2D eigenvalue weighted by atomic mass is 16.4. The number of rotatable bonds is 4. The van der Waals surface area contributed by atoms with E-state index in [0.717, 1.165) is 29.5 Å². The number of carbonyl (C=O) groups excluding carboxylic acids is 1. The molecule has 21 heavy (non-hydrogen) atoms. The smallest absolute Gasteiger partial charge is 0.311 e. The minimum absolute atomic E-state index is 0.169. The Kier molecular flexibility index (Phi) is 4.35. The van der Waals surface area contributed by atoms with Gasteiger partial charge in [-0.3, -0.25) is 9.59 Å². The Balaban J connectivity index is 2.14. The molecule has 1 aromatic carbocycles. The van der Waals surface area contributed by atoms with Crippen molar-refractivity contribution in [3.05, 3.63) is 34.4 Å². The van der Waals surface area contributed by atoms with E-state index in [9.17, 15) is 14.7 Å². The summed E-state index contributed by atoms with van der Waals surface area (Å²) in [7, 11) is 0. The molecule has 1 fully saturated rings. The van der Waals surface area contributed by atoms with E-state index in [-0.39, 0.29) is 12.5 Å². The second-order valence-corrected chi connectivity index (χ2v) is 6.25. The van der Waals surface area contributed by atoms with E-state index < -0.39 is 11.4 Å². The van der Waals surface area contributed by atoms with Gasteiger partial charge < -0.3 is 10.4 Å². The fourth-order valence-electron chi connectivity index (χ4n) is 3.39. The molecule has 0 unspecified atom stereocenters. The first-order valence-corrected chi connectivity index (χ1v) is 7.45. The number of hydrogen-bond donors (Lipinski definition) is 2. The maximum Gasteiger partial charge on any atom is 0.311 e. The number of hydrogen-bond acceptors (Lipinski definition) is 2. The van der Waals surface area contributed by atoms with Crippen molar-refractivity contribution in [3.63, 3.8) is 0 Å². The summed E-state index contributed by atoms with van der Waals surface area (Å²) in [5, 5.41) is 12.3. The summed E-state index contributed by atoms with van der Waals surface area (Å²) < 4.78 is 0. The Bertz CT molecular complexity index is 548. The molecule has 0 bridgehead atoms. The van der Waals surface area contributed by atoms with E-state index in [1.54, 1.807) is 0 Å². The minimum atomic E-state index is -0.794. The maximum absolute atomic E-state index is 12.4. The molecule has 0 spiro atoms. The van der Waals surface area contributed by atoms with Crippen molar-refractivity contribution >= 4 is 11.9 Å². The van der Waals surface area contributed by atoms with E-state index >= 15 is 0 Å². The lowest BCUT2D eigenvalue weighted by atomic mass is 9.86. The van der Waals surface area contributed by atoms with Gasteiger partial charge in [0.25, 0.3) is 5.91 Å². The van der Waals surface area contributed by atoms with Crippen molar-refractivity contribution in [1.29, 1.82) is 0 Å². The molecule has 114 valence electrons. The third-order valence-electron chi connectivity index (χ3n) is 4.51. The Hall–Kier alpha value is -1.84. The van der Waals surface area contributed by atoms with Gasteiger partial charge in [-0.25, -0.2) is 0 Å². The van der Waals surface area contributed by atoms with Crippen molar-refractivity contribution in [3.8, 4) is 0 Å². The van der Waals surface area contributed by atoms with Crippen molar-refractivity contribution in [2.24, 2.45) is 5.41 Å². The second-order valence-electron chi connectivity index (χ2n) is 6.25. The summed E-state index contributed by atoms with van der Waals surface area (Å²) >= 11 is 0.